The summed E-state index contributed by atoms with van der Waals surface area (Å²) in [6, 6.07) is 18.4. The highest BCUT2D eigenvalue weighted by molar-refractivity contribution is 5.91. The van der Waals surface area contributed by atoms with Crippen molar-refractivity contribution in [2.45, 2.75) is 38.0 Å². The second-order valence-electron chi connectivity index (χ2n) is 7.87. The molecule has 1 aromatic carbocycles. The van der Waals surface area contributed by atoms with Gasteiger partial charge in [0.25, 0.3) is 0 Å². The molecule has 0 saturated carbocycles. The van der Waals surface area contributed by atoms with E-state index in [-0.39, 0.29) is 17.6 Å². The molecule has 144 valence electrons. The first-order valence-corrected chi connectivity index (χ1v) is 10.0. The van der Waals surface area contributed by atoms with Crippen LogP contribution in [0, 0.1) is 34.0 Å². The Kier molecular flexibility index (Phi) is 5.19. The Hall–Kier alpha value is -3.37. The number of nitrogens with zero attached hydrogens (tertiary/aromatic N) is 2. The molecule has 1 heterocycles. The molecule has 1 aromatic heterocycles. The van der Waals surface area contributed by atoms with Crippen molar-refractivity contribution in [3.8, 4) is 12.1 Å². The van der Waals surface area contributed by atoms with Gasteiger partial charge >= 0.3 is 0 Å². The molecule has 4 nitrogen and oxygen atoms in total. The molecule has 0 spiro atoms. The van der Waals surface area contributed by atoms with Crippen LogP contribution in [0.3, 0.4) is 0 Å². The lowest BCUT2D eigenvalue weighted by Crippen LogP contribution is -2.34. The number of ketones is 1. The molecular weight excluding hydrogens is 360 g/mol. The van der Waals surface area contributed by atoms with E-state index in [0.717, 1.165) is 24.0 Å². The fourth-order valence-electron chi connectivity index (χ4n) is 4.65. The molecule has 2 atom stereocenters. The van der Waals surface area contributed by atoms with Crippen LogP contribution >= 0.6 is 0 Å². The van der Waals surface area contributed by atoms with Crippen molar-refractivity contribution < 1.29 is 9.21 Å². The minimum Gasteiger partial charge on any atom is -0.465 e. The van der Waals surface area contributed by atoms with Gasteiger partial charge in [-0.05, 0) is 55.4 Å². The molecule has 2 aliphatic carbocycles. The first-order valence-electron chi connectivity index (χ1n) is 10.0. The maximum atomic E-state index is 11.9. The first-order chi connectivity index (χ1) is 14.2. The second-order valence-corrected chi connectivity index (χ2v) is 7.87. The smallest absolute Gasteiger partial charge is 0.175 e. The molecular formula is C25H22N2O2. The summed E-state index contributed by atoms with van der Waals surface area (Å²) in [5.74, 6) is 0.566. The van der Waals surface area contributed by atoms with Crippen LogP contribution in [0.1, 0.15) is 49.3 Å². The van der Waals surface area contributed by atoms with E-state index in [1.807, 2.05) is 30.3 Å². The van der Waals surface area contributed by atoms with Gasteiger partial charge in [0.15, 0.2) is 11.2 Å². The summed E-state index contributed by atoms with van der Waals surface area (Å²) in [4.78, 5) is 11.9. The topological polar surface area (TPSA) is 77.8 Å². The normalized spacial score (nSPS) is 23.4. The van der Waals surface area contributed by atoms with E-state index in [9.17, 15) is 15.3 Å². The van der Waals surface area contributed by atoms with Crippen molar-refractivity contribution >= 4 is 11.4 Å². The summed E-state index contributed by atoms with van der Waals surface area (Å²) in [6.45, 7) is 0. The summed E-state index contributed by atoms with van der Waals surface area (Å²) in [6.07, 6.45) is 8.86. The standard InChI is InChI=1S/C25H22N2O2/c26-16-25(17-27)21(12-18-6-4-9-22(28)13-18)14-20(19-7-2-1-3-8-19)15-23(25)24-10-5-11-29-24/h1-3,5,7-8,10-11,13,15,20-21H,4,6,9,12,14H2/t20-,21+/m0/s1. The Morgan fingerprint density at radius 1 is 1.07 bits per heavy atom. The summed E-state index contributed by atoms with van der Waals surface area (Å²) >= 11 is 0. The van der Waals surface area contributed by atoms with Crippen LogP contribution in [0.2, 0.25) is 0 Å². The van der Waals surface area contributed by atoms with Crippen molar-refractivity contribution in [3.63, 3.8) is 0 Å². The van der Waals surface area contributed by atoms with Crippen molar-refractivity contribution in [2.75, 3.05) is 0 Å². The number of nitriles is 2. The number of allylic oxidation sites excluding steroid dienone is 4. The van der Waals surface area contributed by atoms with E-state index in [1.54, 1.807) is 18.4 Å². The van der Waals surface area contributed by atoms with Gasteiger partial charge in [0.05, 0.1) is 18.4 Å². The van der Waals surface area contributed by atoms with Gasteiger partial charge in [0.1, 0.15) is 5.76 Å². The average molecular weight is 382 g/mol. The van der Waals surface area contributed by atoms with Gasteiger partial charge in [0.2, 0.25) is 0 Å². The molecule has 29 heavy (non-hydrogen) atoms. The van der Waals surface area contributed by atoms with E-state index >= 15 is 0 Å². The molecule has 0 amide bonds. The van der Waals surface area contributed by atoms with Gasteiger partial charge in [-0.2, -0.15) is 10.5 Å². The Bertz CT molecular complexity index is 1020. The van der Waals surface area contributed by atoms with Crippen LogP contribution in [-0.4, -0.2) is 5.78 Å². The number of rotatable bonds is 4. The zero-order valence-electron chi connectivity index (χ0n) is 16.2. The zero-order chi connectivity index (χ0) is 20.3. The third-order valence-electron chi connectivity index (χ3n) is 6.11. The molecule has 2 aromatic rings. The Morgan fingerprint density at radius 2 is 1.86 bits per heavy atom. The number of hydrogen-bond donors (Lipinski definition) is 0. The highest BCUT2D eigenvalue weighted by Gasteiger charge is 2.48. The largest absolute Gasteiger partial charge is 0.465 e. The minimum atomic E-state index is -1.30. The zero-order valence-corrected chi connectivity index (χ0v) is 16.2. The second kappa shape index (κ2) is 7.94. The lowest BCUT2D eigenvalue weighted by atomic mass is 9.61. The molecule has 0 saturated heterocycles. The van der Waals surface area contributed by atoms with Crippen LogP contribution in [0.25, 0.3) is 5.57 Å². The van der Waals surface area contributed by atoms with Crippen LogP contribution in [0.5, 0.6) is 0 Å². The average Bonchev–Trinajstić information content (AvgIpc) is 3.29. The lowest BCUT2D eigenvalue weighted by Gasteiger charge is -2.38. The molecule has 4 rings (SSSR count). The van der Waals surface area contributed by atoms with Crippen LogP contribution < -0.4 is 0 Å². The Labute approximate surface area is 170 Å². The molecule has 4 heteroatoms. The molecule has 0 N–H and O–H groups in total. The van der Waals surface area contributed by atoms with Crippen molar-refractivity contribution in [1.29, 1.82) is 10.5 Å². The third kappa shape index (κ3) is 3.55. The van der Waals surface area contributed by atoms with Gasteiger partial charge in [-0.15, -0.1) is 0 Å². The molecule has 0 radical (unpaired) electrons. The van der Waals surface area contributed by atoms with E-state index in [0.29, 0.717) is 30.6 Å². The van der Waals surface area contributed by atoms with Gasteiger partial charge in [-0.1, -0.05) is 42.0 Å². The molecule has 0 unspecified atom stereocenters. The fraction of sp³-hybridized carbons (Fsp3) is 0.320. The molecule has 0 aliphatic heterocycles. The highest BCUT2D eigenvalue weighted by Crippen LogP contribution is 2.52. The van der Waals surface area contributed by atoms with E-state index in [2.05, 4.69) is 24.3 Å². The monoisotopic (exact) mass is 382 g/mol. The minimum absolute atomic E-state index is 0.0796. The van der Waals surface area contributed by atoms with Gasteiger partial charge < -0.3 is 4.42 Å². The number of benzene rings is 1. The number of hydrogen-bond acceptors (Lipinski definition) is 4. The van der Waals surface area contributed by atoms with Crippen LogP contribution in [-0.2, 0) is 4.79 Å². The maximum Gasteiger partial charge on any atom is 0.175 e. The van der Waals surface area contributed by atoms with E-state index in [4.69, 9.17) is 4.42 Å². The third-order valence-corrected chi connectivity index (χ3v) is 6.11. The SMILES string of the molecule is N#CC1(C#N)C(c2ccco2)=C[C@@H](c2ccccc2)C[C@H]1CC1=CC(=O)CCC1. The predicted octanol–water partition coefficient (Wildman–Crippen LogP) is 5.57. The first kappa shape index (κ1) is 19.0. The Balaban J connectivity index is 1.81. The summed E-state index contributed by atoms with van der Waals surface area (Å²) in [5, 5.41) is 20.4. The fourth-order valence-corrected chi connectivity index (χ4v) is 4.65. The lowest BCUT2D eigenvalue weighted by molar-refractivity contribution is -0.115. The van der Waals surface area contributed by atoms with Gasteiger partial charge in [-0.3, -0.25) is 4.79 Å². The van der Waals surface area contributed by atoms with Crippen molar-refractivity contribution in [1.82, 2.24) is 0 Å². The predicted molar refractivity (Wildman–Crippen MR) is 109 cm³/mol. The molecule has 0 fully saturated rings. The highest BCUT2D eigenvalue weighted by atomic mass is 16.3. The van der Waals surface area contributed by atoms with Crippen molar-refractivity contribution in [3.05, 3.63) is 77.8 Å². The Morgan fingerprint density at radius 3 is 2.52 bits per heavy atom. The van der Waals surface area contributed by atoms with Crippen LogP contribution in [0.15, 0.2) is 70.9 Å². The summed E-state index contributed by atoms with van der Waals surface area (Å²) < 4.78 is 5.63. The molecule has 2 aliphatic rings. The number of carbonyl (C=O) groups is 1. The molecule has 0 bridgehead atoms. The summed E-state index contributed by atoms with van der Waals surface area (Å²) in [5.41, 5.74) is 1.54. The number of carbonyl (C=O) groups excluding carboxylic acids is 1. The van der Waals surface area contributed by atoms with Crippen LogP contribution in [0.4, 0.5) is 0 Å². The summed E-state index contributed by atoms with van der Waals surface area (Å²) in [7, 11) is 0. The maximum absolute atomic E-state index is 11.9. The number of furan rings is 1. The van der Waals surface area contributed by atoms with Gasteiger partial charge in [0, 0.05) is 17.9 Å². The van der Waals surface area contributed by atoms with E-state index < -0.39 is 5.41 Å². The van der Waals surface area contributed by atoms with E-state index in [1.165, 1.54) is 0 Å². The van der Waals surface area contributed by atoms with Gasteiger partial charge in [-0.25, -0.2) is 0 Å². The van der Waals surface area contributed by atoms with Crippen molar-refractivity contribution in [2.24, 2.45) is 11.3 Å². The quantitative estimate of drug-likeness (QED) is 0.692.